The van der Waals surface area contributed by atoms with Gasteiger partial charge in [0.1, 0.15) is 11.5 Å². The van der Waals surface area contributed by atoms with Gasteiger partial charge < -0.3 is 4.74 Å². The van der Waals surface area contributed by atoms with Crippen LogP contribution in [-0.2, 0) is 6.42 Å². The summed E-state index contributed by atoms with van der Waals surface area (Å²) in [4.78, 5) is 11.0. The number of para-hydroxylation sites is 1. The van der Waals surface area contributed by atoms with Crippen molar-refractivity contribution in [3.8, 4) is 11.5 Å². The number of benzene rings is 2. The number of hydrogen-bond donors (Lipinski definition) is 1. The zero-order chi connectivity index (χ0) is 15.4. The van der Waals surface area contributed by atoms with Crippen LogP contribution < -0.4 is 10.3 Å². The summed E-state index contributed by atoms with van der Waals surface area (Å²) in [7, 11) is 0. The predicted octanol–water partition coefficient (Wildman–Crippen LogP) is 3.46. The molecule has 3 aromatic rings. The molecule has 1 aromatic heterocycles. The first-order chi connectivity index (χ1) is 10.7. The lowest BCUT2D eigenvalue weighted by atomic mass is 10.1. The zero-order valence-corrected chi connectivity index (χ0v) is 12.2. The Bertz CT molecular complexity index is 820. The highest BCUT2D eigenvalue weighted by molar-refractivity contribution is 5.38. The average Bonchev–Trinajstić information content (AvgIpc) is 2.52. The molecule has 2 aromatic carbocycles. The van der Waals surface area contributed by atoms with Crippen LogP contribution in [0.5, 0.6) is 11.5 Å². The third-order valence-corrected chi connectivity index (χ3v) is 3.34. The highest BCUT2D eigenvalue weighted by Gasteiger charge is 2.03. The van der Waals surface area contributed by atoms with Crippen LogP contribution in [0.4, 0.5) is 0 Å². The molecule has 3 rings (SSSR count). The molecule has 0 saturated carbocycles. The van der Waals surface area contributed by atoms with Crippen LogP contribution in [0.2, 0.25) is 0 Å². The average molecular weight is 292 g/mol. The summed E-state index contributed by atoms with van der Waals surface area (Å²) in [5.74, 6) is 1.64. The van der Waals surface area contributed by atoms with E-state index in [-0.39, 0.29) is 5.56 Å². The van der Waals surface area contributed by atoms with E-state index in [2.05, 4.69) is 10.2 Å². The Kier molecular flexibility index (Phi) is 4.01. The number of ether oxygens (including phenoxy) is 1. The number of aromatic nitrogens is 2. The molecule has 0 aliphatic heterocycles. The third kappa shape index (κ3) is 3.41. The fourth-order valence-electron chi connectivity index (χ4n) is 2.20. The van der Waals surface area contributed by atoms with Gasteiger partial charge in [0.15, 0.2) is 0 Å². The van der Waals surface area contributed by atoms with E-state index >= 15 is 0 Å². The molecule has 110 valence electrons. The van der Waals surface area contributed by atoms with E-state index in [1.54, 1.807) is 6.07 Å². The summed E-state index contributed by atoms with van der Waals surface area (Å²) in [6, 6.07) is 19.0. The first-order valence-corrected chi connectivity index (χ1v) is 7.08. The minimum atomic E-state index is -0.194. The molecule has 0 atom stereocenters. The van der Waals surface area contributed by atoms with E-state index in [0.29, 0.717) is 6.42 Å². The molecule has 4 heteroatoms. The monoisotopic (exact) mass is 292 g/mol. The molecule has 1 heterocycles. The van der Waals surface area contributed by atoms with Crippen LogP contribution in [0.3, 0.4) is 0 Å². The minimum absolute atomic E-state index is 0.194. The van der Waals surface area contributed by atoms with Crippen molar-refractivity contribution in [2.75, 3.05) is 0 Å². The first kappa shape index (κ1) is 14.1. The molecular weight excluding hydrogens is 276 g/mol. The maximum atomic E-state index is 11.0. The molecule has 0 unspecified atom stereocenters. The second-order valence-electron chi connectivity index (χ2n) is 5.10. The van der Waals surface area contributed by atoms with E-state index in [4.69, 9.17) is 4.74 Å². The molecule has 0 aliphatic carbocycles. The third-order valence-electron chi connectivity index (χ3n) is 3.34. The molecule has 1 N–H and O–H groups in total. The zero-order valence-electron chi connectivity index (χ0n) is 12.2. The topological polar surface area (TPSA) is 55.0 Å². The standard InChI is InChI=1S/C18H16N2O2/c1-13-5-2-3-8-17(13)22-16-7-4-6-14(12-16)11-15-9-10-18(21)20-19-15/h2-10,12H,11H2,1H3,(H,20,21). The number of rotatable bonds is 4. The Balaban J connectivity index is 1.79. The lowest BCUT2D eigenvalue weighted by molar-refractivity contribution is 0.478. The van der Waals surface area contributed by atoms with Crippen LogP contribution in [0.25, 0.3) is 0 Å². The second-order valence-corrected chi connectivity index (χ2v) is 5.10. The Morgan fingerprint density at radius 1 is 1.05 bits per heavy atom. The summed E-state index contributed by atoms with van der Waals surface area (Å²) >= 11 is 0. The van der Waals surface area contributed by atoms with Gasteiger partial charge in [0.05, 0.1) is 5.69 Å². The van der Waals surface area contributed by atoms with Gasteiger partial charge >= 0.3 is 0 Å². The summed E-state index contributed by atoms with van der Waals surface area (Å²) in [5, 5.41) is 6.47. The number of H-pyrrole nitrogens is 1. The minimum Gasteiger partial charge on any atom is -0.457 e. The summed E-state index contributed by atoms with van der Waals surface area (Å²) in [6.07, 6.45) is 0.641. The van der Waals surface area contributed by atoms with Crippen molar-refractivity contribution in [3.05, 3.63) is 87.8 Å². The van der Waals surface area contributed by atoms with Gasteiger partial charge in [0, 0.05) is 12.5 Å². The summed E-state index contributed by atoms with van der Waals surface area (Å²) in [6.45, 7) is 2.02. The maximum Gasteiger partial charge on any atom is 0.264 e. The highest BCUT2D eigenvalue weighted by atomic mass is 16.5. The molecule has 0 spiro atoms. The van der Waals surface area contributed by atoms with Crippen LogP contribution in [-0.4, -0.2) is 10.2 Å². The van der Waals surface area contributed by atoms with Crippen LogP contribution >= 0.6 is 0 Å². The highest BCUT2D eigenvalue weighted by Crippen LogP contribution is 2.25. The molecule has 0 fully saturated rings. The Morgan fingerprint density at radius 2 is 1.91 bits per heavy atom. The smallest absolute Gasteiger partial charge is 0.264 e. The van der Waals surface area contributed by atoms with E-state index in [9.17, 15) is 4.79 Å². The molecule has 22 heavy (non-hydrogen) atoms. The molecule has 0 bridgehead atoms. The summed E-state index contributed by atoms with van der Waals surface area (Å²) < 4.78 is 5.93. The van der Waals surface area contributed by atoms with Crippen molar-refractivity contribution in [1.29, 1.82) is 0 Å². The predicted molar refractivity (Wildman–Crippen MR) is 85.4 cm³/mol. The van der Waals surface area contributed by atoms with Crippen molar-refractivity contribution in [1.82, 2.24) is 10.2 Å². The van der Waals surface area contributed by atoms with Crippen molar-refractivity contribution in [2.45, 2.75) is 13.3 Å². The van der Waals surface area contributed by atoms with E-state index in [0.717, 1.165) is 28.3 Å². The number of nitrogens with one attached hydrogen (secondary N) is 1. The molecule has 0 saturated heterocycles. The van der Waals surface area contributed by atoms with E-state index < -0.39 is 0 Å². The fraction of sp³-hybridized carbons (Fsp3) is 0.111. The van der Waals surface area contributed by atoms with Gasteiger partial charge in [0.2, 0.25) is 0 Å². The lowest BCUT2D eigenvalue weighted by Gasteiger charge is -2.09. The number of hydrogen-bond acceptors (Lipinski definition) is 3. The SMILES string of the molecule is Cc1ccccc1Oc1cccc(Cc2ccc(=O)[nH]n2)c1. The van der Waals surface area contributed by atoms with Gasteiger partial charge in [-0.25, -0.2) is 5.10 Å². The van der Waals surface area contributed by atoms with Crippen molar-refractivity contribution in [3.63, 3.8) is 0 Å². The largest absolute Gasteiger partial charge is 0.457 e. The molecule has 0 aliphatic rings. The lowest BCUT2D eigenvalue weighted by Crippen LogP contribution is -2.07. The number of nitrogens with zero attached hydrogens (tertiary/aromatic N) is 1. The first-order valence-electron chi connectivity index (χ1n) is 7.08. The molecule has 0 radical (unpaired) electrons. The summed E-state index contributed by atoms with van der Waals surface area (Å²) in [5.41, 5.74) is 2.79. The molecule has 0 amide bonds. The van der Waals surface area contributed by atoms with Crippen molar-refractivity contribution >= 4 is 0 Å². The van der Waals surface area contributed by atoms with Gasteiger partial charge in [-0.3, -0.25) is 4.79 Å². The van der Waals surface area contributed by atoms with Gasteiger partial charge in [-0.05, 0) is 42.3 Å². The fourth-order valence-corrected chi connectivity index (χ4v) is 2.20. The van der Waals surface area contributed by atoms with Gasteiger partial charge in [-0.15, -0.1) is 0 Å². The van der Waals surface area contributed by atoms with Gasteiger partial charge in [0.25, 0.3) is 5.56 Å². The van der Waals surface area contributed by atoms with Crippen LogP contribution in [0.15, 0.2) is 65.5 Å². The number of aromatic amines is 1. The van der Waals surface area contributed by atoms with Gasteiger partial charge in [-0.2, -0.15) is 5.10 Å². The van der Waals surface area contributed by atoms with Crippen LogP contribution in [0, 0.1) is 6.92 Å². The Labute approximate surface area is 128 Å². The van der Waals surface area contributed by atoms with Crippen molar-refractivity contribution < 1.29 is 4.74 Å². The quantitative estimate of drug-likeness (QED) is 0.801. The normalized spacial score (nSPS) is 10.4. The Hall–Kier alpha value is -2.88. The Morgan fingerprint density at radius 3 is 2.68 bits per heavy atom. The van der Waals surface area contributed by atoms with E-state index in [1.807, 2.05) is 55.5 Å². The molecular formula is C18H16N2O2. The maximum absolute atomic E-state index is 11.0. The van der Waals surface area contributed by atoms with Crippen LogP contribution in [0.1, 0.15) is 16.8 Å². The van der Waals surface area contributed by atoms with Gasteiger partial charge in [-0.1, -0.05) is 30.3 Å². The van der Waals surface area contributed by atoms with E-state index in [1.165, 1.54) is 6.07 Å². The molecule has 4 nitrogen and oxygen atoms in total. The van der Waals surface area contributed by atoms with Crippen molar-refractivity contribution in [2.24, 2.45) is 0 Å². The second kappa shape index (κ2) is 6.26. The number of aryl methyl sites for hydroxylation is 1.